The lowest BCUT2D eigenvalue weighted by Gasteiger charge is -2.17. The van der Waals surface area contributed by atoms with Crippen LogP contribution in [-0.2, 0) is 11.2 Å². The molecule has 0 aromatic heterocycles. The molecule has 1 unspecified atom stereocenters. The summed E-state index contributed by atoms with van der Waals surface area (Å²) in [6.45, 7) is 3.54. The fraction of sp³-hybridized carbons (Fsp3) is 0.538. The summed E-state index contributed by atoms with van der Waals surface area (Å²) >= 11 is 5.98. The highest BCUT2D eigenvalue weighted by Gasteiger charge is 2.11. The van der Waals surface area contributed by atoms with E-state index in [2.05, 4.69) is 5.32 Å². The molecule has 0 amide bonds. The lowest BCUT2D eigenvalue weighted by atomic mass is 10.0. The van der Waals surface area contributed by atoms with Crippen molar-refractivity contribution in [2.45, 2.75) is 25.8 Å². The molecular formula is C13H19ClFNO. The van der Waals surface area contributed by atoms with Crippen LogP contribution in [0.4, 0.5) is 4.39 Å². The molecule has 1 N–H and O–H groups in total. The van der Waals surface area contributed by atoms with Crippen LogP contribution in [0, 0.1) is 5.82 Å². The fourth-order valence-electron chi connectivity index (χ4n) is 1.82. The Hall–Kier alpha value is -0.640. The standard InChI is InChI=1S/C13H19ClFNO/c1-3-16-10(9-17-2)7-8-11-12(14)5-4-6-13(11)15/h4-6,10,16H,3,7-9H2,1-2H3. The lowest BCUT2D eigenvalue weighted by molar-refractivity contribution is 0.163. The molecule has 96 valence electrons. The summed E-state index contributed by atoms with van der Waals surface area (Å²) in [6.07, 6.45) is 1.43. The molecular weight excluding hydrogens is 241 g/mol. The van der Waals surface area contributed by atoms with Gasteiger partial charge in [0.15, 0.2) is 0 Å². The number of methoxy groups -OCH3 is 1. The summed E-state index contributed by atoms with van der Waals surface area (Å²) in [5, 5.41) is 3.80. The lowest BCUT2D eigenvalue weighted by Crippen LogP contribution is -2.33. The Morgan fingerprint density at radius 3 is 2.82 bits per heavy atom. The monoisotopic (exact) mass is 259 g/mol. The molecule has 0 aliphatic rings. The molecule has 1 atom stereocenters. The number of ether oxygens (including phenoxy) is 1. The quantitative estimate of drug-likeness (QED) is 0.813. The number of hydrogen-bond acceptors (Lipinski definition) is 2. The largest absolute Gasteiger partial charge is 0.383 e. The fourth-order valence-corrected chi connectivity index (χ4v) is 2.08. The third kappa shape index (κ3) is 4.62. The molecule has 0 saturated carbocycles. The van der Waals surface area contributed by atoms with Gasteiger partial charge in [-0.05, 0) is 31.5 Å². The van der Waals surface area contributed by atoms with E-state index in [0.717, 1.165) is 13.0 Å². The third-order valence-electron chi connectivity index (χ3n) is 2.67. The number of rotatable bonds is 7. The topological polar surface area (TPSA) is 21.3 Å². The van der Waals surface area contributed by atoms with Gasteiger partial charge in [-0.3, -0.25) is 0 Å². The predicted molar refractivity (Wildman–Crippen MR) is 69.1 cm³/mol. The van der Waals surface area contributed by atoms with Gasteiger partial charge in [0.05, 0.1) is 6.61 Å². The summed E-state index contributed by atoms with van der Waals surface area (Å²) in [5.74, 6) is -0.231. The van der Waals surface area contributed by atoms with Crippen LogP contribution in [-0.4, -0.2) is 26.3 Å². The zero-order valence-electron chi connectivity index (χ0n) is 10.3. The van der Waals surface area contributed by atoms with Crippen LogP contribution in [0.1, 0.15) is 18.9 Å². The zero-order chi connectivity index (χ0) is 12.7. The SMILES string of the molecule is CCNC(CCc1c(F)cccc1Cl)COC. The van der Waals surface area contributed by atoms with E-state index in [4.69, 9.17) is 16.3 Å². The maximum atomic E-state index is 13.5. The van der Waals surface area contributed by atoms with Gasteiger partial charge in [-0.2, -0.15) is 0 Å². The first kappa shape index (κ1) is 14.4. The molecule has 0 aliphatic carbocycles. The van der Waals surface area contributed by atoms with E-state index >= 15 is 0 Å². The first-order valence-electron chi connectivity index (χ1n) is 5.84. The summed E-state index contributed by atoms with van der Waals surface area (Å²) in [7, 11) is 1.67. The molecule has 0 bridgehead atoms. The predicted octanol–water partition coefficient (Wildman–Crippen LogP) is 3.04. The van der Waals surface area contributed by atoms with E-state index in [0.29, 0.717) is 23.6 Å². The molecule has 0 fully saturated rings. The van der Waals surface area contributed by atoms with Crippen molar-refractivity contribution in [3.8, 4) is 0 Å². The van der Waals surface area contributed by atoms with Crippen molar-refractivity contribution in [2.75, 3.05) is 20.3 Å². The zero-order valence-corrected chi connectivity index (χ0v) is 11.1. The van der Waals surface area contributed by atoms with Crippen LogP contribution >= 0.6 is 11.6 Å². The second-order valence-corrected chi connectivity index (χ2v) is 4.36. The van der Waals surface area contributed by atoms with Crippen LogP contribution in [0.15, 0.2) is 18.2 Å². The maximum Gasteiger partial charge on any atom is 0.127 e. The first-order chi connectivity index (χ1) is 8.19. The molecule has 4 heteroatoms. The Balaban J connectivity index is 2.58. The van der Waals surface area contributed by atoms with Crippen molar-refractivity contribution >= 4 is 11.6 Å². The number of halogens is 2. The second-order valence-electron chi connectivity index (χ2n) is 3.95. The van der Waals surface area contributed by atoms with Gasteiger partial charge >= 0.3 is 0 Å². The average Bonchev–Trinajstić information content (AvgIpc) is 2.29. The number of hydrogen-bond donors (Lipinski definition) is 1. The van der Waals surface area contributed by atoms with Crippen molar-refractivity contribution in [3.05, 3.63) is 34.6 Å². The second kappa shape index (κ2) is 7.64. The third-order valence-corrected chi connectivity index (χ3v) is 3.02. The Labute approximate surface area is 107 Å². The van der Waals surface area contributed by atoms with E-state index in [1.165, 1.54) is 6.07 Å². The highest BCUT2D eigenvalue weighted by atomic mass is 35.5. The van der Waals surface area contributed by atoms with Crippen molar-refractivity contribution in [2.24, 2.45) is 0 Å². The highest BCUT2D eigenvalue weighted by Crippen LogP contribution is 2.20. The summed E-state index contributed by atoms with van der Waals surface area (Å²) in [4.78, 5) is 0. The Morgan fingerprint density at radius 2 is 2.24 bits per heavy atom. The van der Waals surface area contributed by atoms with E-state index in [-0.39, 0.29) is 11.9 Å². The van der Waals surface area contributed by atoms with Gasteiger partial charge in [0.25, 0.3) is 0 Å². The van der Waals surface area contributed by atoms with Crippen molar-refractivity contribution in [1.82, 2.24) is 5.32 Å². The van der Waals surface area contributed by atoms with Gasteiger partial charge in [-0.25, -0.2) is 4.39 Å². The molecule has 17 heavy (non-hydrogen) atoms. The van der Waals surface area contributed by atoms with Crippen LogP contribution < -0.4 is 5.32 Å². The Kier molecular flexibility index (Phi) is 6.48. The number of likely N-dealkylation sites (N-methyl/N-ethyl adjacent to an activating group) is 1. The molecule has 1 aromatic rings. The normalized spacial score (nSPS) is 12.7. The minimum atomic E-state index is -0.231. The van der Waals surface area contributed by atoms with Gasteiger partial charge in [0.2, 0.25) is 0 Å². The molecule has 2 nitrogen and oxygen atoms in total. The Morgan fingerprint density at radius 1 is 1.47 bits per heavy atom. The first-order valence-corrected chi connectivity index (χ1v) is 6.22. The maximum absolute atomic E-state index is 13.5. The van der Waals surface area contributed by atoms with E-state index in [1.807, 2.05) is 6.92 Å². The summed E-state index contributed by atoms with van der Waals surface area (Å²) < 4.78 is 18.7. The molecule has 0 saturated heterocycles. The molecule has 0 heterocycles. The molecule has 0 radical (unpaired) electrons. The minimum Gasteiger partial charge on any atom is -0.383 e. The number of nitrogens with one attached hydrogen (secondary N) is 1. The summed E-state index contributed by atoms with van der Waals surface area (Å²) in [5.41, 5.74) is 0.591. The van der Waals surface area contributed by atoms with Gasteiger partial charge in [0.1, 0.15) is 5.82 Å². The van der Waals surface area contributed by atoms with Crippen molar-refractivity contribution in [3.63, 3.8) is 0 Å². The van der Waals surface area contributed by atoms with Crippen LogP contribution in [0.3, 0.4) is 0 Å². The summed E-state index contributed by atoms with van der Waals surface area (Å²) in [6, 6.07) is 5.02. The molecule has 1 aromatic carbocycles. The minimum absolute atomic E-state index is 0.231. The van der Waals surface area contributed by atoms with E-state index in [9.17, 15) is 4.39 Å². The van der Waals surface area contributed by atoms with Gasteiger partial charge < -0.3 is 10.1 Å². The smallest absolute Gasteiger partial charge is 0.127 e. The average molecular weight is 260 g/mol. The van der Waals surface area contributed by atoms with Crippen molar-refractivity contribution in [1.29, 1.82) is 0 Å². The van der Waals surface area contributed by atoms with Crippen LogP contribution in [0.2, 0.25) is 5.02 Å². The highest BCUT2D eigenvalue weighted by molar-refractivity contribution is 6.31. The van der Waals surface area contributed by atoms with E-state index < -0.39 is 0 Å². The van der Waals surface area contributed by atoms with Gasteiger partial charge in [-0.15, -0.1) is 0 Å². The molecule has 0 aliphatic heterocycles. The van der Waals surface area contributed by atoms with Crippen molar-refractivity contribution < 1.29 is 9.13 Å². The van der Waals surface area contributed by atoms with Crippen LogP contribution in [0.25, 0.3) is 0 Å². The van der Waals surface area contributed by atoms with Gasteiger partial charge in [-0.1, -0.05) is 24.6 Å². The Bertz CT molecular complexity index is 320. The molecule has 0 spiro atoms. The van der Waals surface area contributed by atoms with Crippen LogP contribution in [0.5, 0.6) is 0 Å². The molecule has 1 rings (SSSR count). The van der Waals surface area contributed by atoms with Gasteiger partial charge in [0, 0.05) is 23.7 Å². The number of benzene rings is 1. The van der Waals surface area contributed by atoms with E-state index in [1.54, 1.807) is 19.2 Å².